The normalized spacial score (nSPS) is 25.5. The van der Waals surface area contributed by atoms with Crippen molar-refractivity contribution >= 4 is 0 Å². The van der Waals surface area contributed by atoms with Gasteiger partial charge in [0.2, 0.25) is 0 Å². The first-order valence-corrected chi connectivity index (χ1v) is 6.55. The summed E-state index contributed by atoms with van der Waals surface area (Å²) in [6.45, 7) is 0. The molecule has 14 heavy (non-hydrogen) atoms. The van der Waals surface area contributed by atoms with Crippen molar-refractivity contribution in [2.45, 2.75) is 63.8 Å². The molecule has 1 unspecified atom stereocenters. The van der Waals surface area contributed by atoms with Crippen LogP contribution in [0, 0.1) is 11.8 Å². The van der Waals surface area contributed by atoms with E-state index in [2.05, 4.69) is 12.4 Å². The highest BCUT2D eigenvalue weighted by Crippen LogP contribution is 2.35. The van der Waals surface area contributed by atoms with Crippen LogP contribution in [0.1, 0.15) is 57.8 Å². The molecular weight excluding hydrogens is 170 g/mol. The van der Waals surface area contributed by atoms with E-state index in [9.17, 15) is 0 Å². The Morgan fingerprint density at radius 3 is 2.36 bits per heavy atom. The first-order chi connectivity index (χ1) is 6.88. The van der Waals surface area contributed by atoms with Crippen LogP contribution in [0.15, 0.2) is 0 Å². The number of hydrogen-bond donors (Lipinski definition) is 1. The molecule has 0 aliphatic heterocycles. The summed E-state index contributed by atoms with van der Waals surface area (Å²) < 4.78 is 0. The average Bonchev–Trinajstić information content (AvgIpc) is 2.90. The summed E-state index contributed by atoms with van der Waals surface area (Å²) in [5, 5.41) is 3.51. The van der Waals surface area contributed by atoms with Crippen molar-refractivity contribution < 1.29 is 0 Å². The Morgan fingerprint density at radius 2 is 1.79 bits per heavy atom. The molecule has 2 fully saturated rings. The molecule has 1 nitrogen and oxygen atoms in total. The van der Waals surface area contributed by atoms with E-state index in [-0.39, 0.29) is 0 Å². The summed E-state index contributed by atoms with van der Waals surface area (Å²) in [7, 11) is 2.15. The van der Waals surface area contributed by atoms with Crippen LogP contribution in [0.3, 0.4) is 0 Å². The molecular formula is C13H25N. The second-order valence-electron chi connectivity index (χ2n) is 5.39. The highest BCUT2D eigenvalue weighted by molar-refractivity contribution is 4.79. The van der Waals surface area contributed by atoms with Crippen LogP contribution in [-0.4, -0.2) is 13.1 Å². The first kappa shape index (κ1) is 10.5. The highest BCUT2D eigenvalue weighted by Gasteiger charge is 2.24. The van der Waals surface area contributed by atoms with E-state index < -0.39 is 0 Å². The fourth-order valence-corrected chi connectivity index (χ4v) is 2.87. The Kier molecular flexibility index (Phi) is 3.86. The second-order valence-corrected chi connectivity index (χ2v) is 5.39. The van der Waals surface area contributed by atoms with Crippen LogP contribution in [0.5, 0.6) is 0 Å². The van der Waals surface area contributed by atoms with Crippen LogP contribution >= 0.6 is 0 Å². The molecule has 1 heteroatoms. The van der Waals surface area contributed by atoms with Crippen LogP contribution < -0.4 is 5.32 Å². The molecule has 0 saturated heterocycles. The van der Waals surface area contributed by atoms with Gasteiger partial charge in [-0.3, -0.25) is 0 Å². The molecule has 0 aromatic carbocycles. The quantitative estimate of drug-likeness (QED) is 0.685. The third-order valence-electron chi connectivity index (χ3n) is 4.12. The minimum absolute atomic E-state index is 0.818. The third-order valence-corrected chi connectivity index (χ3v) is 4.12. The molecule has 0 bridgehead atoms. The largest absolute Gasteiger partial charge is 0.317 e. The average molecular weight is 195 g/mol. The Labute approximate surface area is 88.7 Å². The molecule has 0 aromatic heterocycles. The Balaban J connectivity index is 1.62. The Hall–Kier alpha value is -0.0400. The zero-order chi connectivity index (χ0) is 9.80. The fourth-order valence-electron chi connectivity index (χ4n) is 2.87. The van der Waals surface area contributed by atoms with E-state index in [0.29, 0.717) is 0 Å². The number of nitrogens with one attached hydrogen (secondary N) is 1. The molecule has 2 aliphatic carbocycles. The third kappa shape index (κ3) is 3.27. The maximum absolute atomic E-state index is 3.51. The molecule has 1 N–H and O–H groups in total. The molecule has 0 amide bonds. The van der Waals surface area contributed by atoms with Gasteiger partial charge in [0.25, 0.3) is 0 Å². The number of hydrogen-bond acceptors (Lipinski definition) is 1. The molecule has 2 saturated carbocycles. The summed E-state index contributed by atoms with van der Waals surface area (Å²) in [5.41, 5.74) is 0. The van der Waals surface area contributed by atoms with Gasteiger partial charge in [0, 0.05) is 6.04 Å². The van der Waals surface area contributed by atoms with E-state index >= 15 is 0 Å². The Morgan fingerprint density at radius 1 is 1.07 bits per heavy atom. The predicted molar refractivity (Wildman–Crippen MR) is 61.4 cm³/mol. The van der Waals surface area contributed by atoms with Crippen LogP contribution in [0.2, 0.25) is 0 Å². The summed E-state index contributed by atoms with van der Waals surface area (Å²) in [6.07, 6.45) is 13.4. The minimum atomic E-state index is 0.818. The number of rotatable bonds is 6. The minimum Gasteiger partial charge on any atom is -0.317 e. The summed E-state index contributed by atoms with van der Waals surface area (Å²) in [4.78, 5) is 0. The summed E-state index contributed by atoms with van der Waals surface area (Å²) in [6, 6.07) is 0.818. The van der Waals surface area contributed by atoms with Crippen molar-refractivity contribution in [3.63, 3.8) is 0 Å². The molecule has 0 aromatic rings. The maximum Gasteiger partial charge on any atom is 0.00668 e. The summed E-state index contributed by atoms with van der Waals surface area (Å²) in [5.74, 6) is 2.15. The molecule has 0 radical (unpaired) electrons. The van der Waals surface area contributed by atoms with E-state index in [0.717, 1.165) is 17.9 Å². The van der Waals surface area contributed by atoms with Crippen LogP contribution in [-0.2, 0) is 0 Å². The molecule has 82 valence electrons. The van der Waals surface area contributed by atoms with Gasteiger partial charge in [-0.1, -0.05) is 38.5 Å². The fraction of sp³-hybridized carbons (Fsp3) is 1.00. The smallest absolute Gasteiger partial charge is 0.00668 e. The van der Waals surface area contributed by atoms with Crippen molar-refractivity contribution in [3.8, 4) is 0 Å². The van der Waals surface area contributed by atoms with E-state index in [1.807, 2.05) is 0 Å². The van der Waals surface area contributed by atoms with E-state index in [4.69, 9.17) is 0 Å². The van der Waals surface area contributed by atoms with Gasteiger partial charge in [-0.05, 0) is 38.1 Å². The highest BCUT2D eigenvalue weighted by atomic mass is 14.9. The Bertz CT molecular complexity index is 157. The van der Waals surface area contributed by atoms with Crippen molar-refractivity contribution in [3.05, 3.63) is 0 Å². The van der Waals surface area contributed by atoms with Gasteiger partial charge in [-0.25, -0.2) is 0 Å². The molecule has 0 spiro atoms. The monoisotopic (exact) mass is 195 g/mol. The molecule has 2 rings (SSSR count). The van der Waals surface area contributed by atoms with E-state index in [1.54, 1.807) is 0 Å². The predicted octanol–water partition coefficient (Wildman–Crippen LogP) is 3.34. The lowest BCUT2D eigenvalue weighted by Crippen LogP contribution is -2.27. The topological polar surface area (TPSA) is 12.0 Å². The summed E-state index contributed by atoms with van der Waals surface area (Å²) >= 11 is 0. The lowest BCUT2D eigenvalue weighted by Gasteiger charge is -2.19. The first-order valence-electron chi connectivity index (χ1n) is 6.55. The lowest BCUT2D eigenvalue weighted by molar-refractivity contribution is 0.376. The van der Waals surface area contributed by atoms with Crippen LogP contribution in [0.4, 0.5) is 0 Å². The standard InChI is InChI=1S/C13H25N/c1-14-13(9-8-11-6-7-11)10-12-4-2-3-5-12/h11-14H,2-10H2,1H3. The van der Waals surface area contributed by atoms with Crippen molar-refractivity contribution in [2.75, 3.05) is 7.05 Å². The van der Waals surface area contributed by atoms with Gasteiger partial charge < -0.3 is 5.32 Å². The molecule has 0 heterocycles. The van der Waals surface area contributed by atoms with Gasteiger partial charge in [-0.15, -0.1) is 0 Å². The maximum atomic E-state index is 3.51. The van der Waals surface area contributed by atoms with Gasteiger partial charge in [0.05, 0.1) is 0 Å². The zero-order valence-electron chi connectivity index (χ0n) is 9.60. The lowest BCUT2D eigenvalue weighted by atomic mass is 9.95. The SMILES string of the molecule is CNC(CCC1CC1)CC1CCCC1. The van der Waals surface area contributed by atoms with Crippen molar-refractivity contribution in [1.29, 1.82) is 0 Å². The van der Waals surface area contributed by atoms with Crippen LogP contribution in [0.25, 0.3) is 0 Å². The molecule has 2 aliphatic rings. The molecule has 1 atom stereocenters. The van der Waals surface area contributed by atoms with Gasteiger partial charge in [0.15, 0.2) is 0 Å². The second kappa shape index (κ2) is 5.16. The van der Waals surface area contributed by atoms with Gasteiger partial charge in [-0.2, -0.15) is 0 Å². The van der Waals surface area contributed by atoms with Crippen molar-refractivity contribution in [1.82, 2.24) is 5.32 Å². The van der Waals surface area contributed by atoms with Gasteiger partial charge in [0.1, 0.15) is 0 Å². The van der Waals surface area contributed by atoms with Gasteiger partial charge >= 0.3 is 0 Å². The van der Waals surface area contributed by atoms with Crippen molar-refractivity contribution in [2.24, 2.45) is 11.8 Å². The van der Waals surface area contributed by atoms with E-state index in [1.165, 1.54) is 57.8 Å². The zero-order valence-corrected chi connectivity index (χ0v) is 9.60.